The molecule has 0 unspecified atom stereocenters. The van der Waals surface area contributed by atoms with Crippen LogP contribution in [0.25, 0.3) is 0 Å². The molecule has 0 atom stereocenters. The Labute approximate surface area is 80.9 Å². The summed E-state index contributed by atoms with van der Waals surface area (Å²) in [5, 5.41) is 0. The highest BCUT2D eigenvalue weighted by Crippen LogP contribution is 2.21. The van der Waals surface area contributed by atoms with Crippen LogP contribution in [0.1, 0.15) is 0 Å². The van der Waals surface area contributed by atoms with Crippen molar-refractivity contribution in [3.63, 3.8) is 0 Å². The van der Waals surface area contributed by atoms with Crippen molar-refractivity contribution in [2.45, 2.75) is 0 Å². The molecule has 0 saturated carbocycles. The van der Waals surface area contributed by atoms with Crippen LogP contribution in [-0.2, 0) is 0 Å². The molecule has 1 rings (SSSR count). The van der Waals surface area contributed by atoms with Crippen LogP contribution < -0.4 is 0 Å². The number of allylic oxidation sites excluding steroid dienone is 4. The summed E-state index contributed by atoms with van der Waals surface area (Å²) in [5.74, 6) is 2.77. The van der Waals surface area contributed by atoms with Crippen molar-refractivity contribution in [2.24, 2.45) is 4.99 Å². The number of nitrogens with zero attached hydrogens (tertiary/aromatic N) is 1. The number of aliphatic imine (C=N–C) groups is 1. The van der Waals surface area contributed by atoms with Gasteiger partial charge in [0.25, 0.3) is 0 Å². The molecule has 1 heterocycles. The van der Waals surface area contributed by atoms with Crippen LogP contribution in [0.4, 0.5) is 0 Å². The van der Waals surface area contributed by atoms with Gasteiger partial charge in [0.05, 0.1) is 0 Å². The fourth-order valence-corrected chi connectivity index (χ4v) is 1.04. The van der Waals surface area contributed by atoms with Crippen molar-refractivity contribution in [3.8, 4) is 0 Å². The summed E-state index contributed by atoms with van der Waals surface area (Å²) in [6.07, 6.45) is 5.73. The third-order valence-corrected chi connectivity index (χ3v) is 3.50. The molecule has 1 aliphatic heterocycles. The average Bonchev–Trinajstić information content (AvgIpc) is 1.99. The first-order valence-corrected chi connectivity index (χ1v) is 4.48. The van der Waals surface area contributed by atoms with Gasteiger partial charge in [0.15, 0.2) is 0 Å². The van der Waals surface area contributed by atoms with Gasteiger partial charge in [-0.2, -0.15) is 4.99 Å². The maximum atomic E-state index is 4.00. The molecule has 1 aliphatic rings. The summed E-state index contributed by atoms with van der Waals surface area (Å²) in [5.41, 5.74) is 0. The fraction of sp³-hybridized carbons (Fsp3) is 0. The van der Waals surface area contributed by atoms with E-state index in [-0.39, 0.29) is 0 Å². The second-order valence-corrected chi connectivity index (χ2v) is 3.59. The van der Waals surface area contributed by atoms with Gasteiger partial charge in [0, 0.05) is 3.58 Å². The van der Waals surface area contributed by atoms with Crippen molar-refractivity contribution < 1.29 is 0 Å². The maximum Gasteiger partial charge on any atom is 0.124 e. The van der Waals surface area contributed by atoms with Crippen molar-refractivity contribution in [2.75, 3.05) is 0 Å². The average molecular weight is 343 g/mol. The molecule has 0 aromatic rings. The van der Waals surface area contributed by atoms with E-state index in [1.54, 1.807) is 6.08 Å². The van der Waals surface area contributed by atoms with E-state index in [4.69, 9.17) is 0 Å². The smallest absolute Gasteiger partial charge is 0.124 e. The van der Waals surface area contributed by atoms with Crippen LogP contribution in [-0.4, -0.2) is 5.87 Å². The molecule has 0 aromatic heterocycles. The Morgan fingerprint density at radius 1 is 1.44 bits per heavy atom. The largest absolute Gasteiger partial charge is 0.199 e. The molecule has 0 fully saturated rings. The Kier molecular flexibility index (Phi) is 2.94. The lowest BCUT2D eigenvalue weighted by atomic mass is 10.5. The summed E-state index contributed by atoms with van der Waals surface area (Å²) < 4.78 is 2.16. The first-order chi connectivity index (χ1) is 4.30. The van der Waals surface area contributed by atoms with Gasteiger partial charge < -0.3 is 0 Å². The standard InChI is InChI=1S/C6H3I2N/c7-5-3-1-2-4-9-6(5)8/h1-3H. The lowest BCUT2D eigenvalue weighted by Gasteiger charge is -1.86. The van der Waals surface area contributed by atoms with Gasteiger partial charge in [-0.1, -0.05) is 6.08 Å². The Bertz CT molecular complexity index is 231. The number of hydrogen-bond acceptors (Lipinski definition) is 1. The Balaban J connectivity index is 3.06. The van der Waals surface area contributed by atoms with Gasteiger partial charge in [-0.3, -0.25) is 0 Å². The van der Waals surface area contributed by atoms with Gasteiger partial charge in [-0.15, -0.1) is 0 Å². The van der Waals surface area contributed by atoms with E-state index in [2.05, 4.69) is 56.0 Å². The molecule has 46 valence electrons. The molecule has 3 heteroatoms. The van der Waals surface area contributed by atoms with Crippen LogP contribution in [0, 0.1) is 0 Å². The summed E-state index contributed by atoms with van der Waals surface area (Å²) >= 11 is 4.42. The highest BCUT2D eigenvalue weighted by molar-refractivity contribution is 14.1. The van der Waals surface area contributed by atoms with Gasteiger partial charge in [-0.05, 0) is 63.2 Å². The van der Waals surface area contributed by atoms with Gasteiger partial charge in [0.1, 0.15) is 3.70 Å². The molecule has 9 heavy (non-hydrogen) atoms. The maximum absolute atomic E-state index is 4.00. The normalized spacial score (nSPS) is 16.7. The third-order valence-electron chi connectivity index (χ3n) is 0.773. The summed E-state index contributed by atoms with van der Waals surface area (Å²) in [4.78, 5) is 4.00. The van der Waals surface area contributed by atoms with Crippen molar-refractivity contribution in [3.05, 3.63) is 25.5 Å². The van der Waals surface area contributed by atoms with Gasteiger partial charge >= 0.3 is 0 Å². The first kappa shape index (κ1) is 7.50. The minimum absolute atomic E-state index is 0.998. The minimum Gasteiger partial charge on any atom is -0.199 e. The molecule has 0 aromatic carbocycles. The summed E-state index contributed by atoms with van der Waals surface area (Å²) in [7, 11) is 0. The van der Waals surface area contributed by atoms with Crippen molar-refractivity contribution >= 4 is 51.1 Å². The molecule has 0 saturated heterocycles. The zero-order valence-electron chi connectivity index (χ0n) is 4.44. The molecule has 0 radical (unpaired) electrons. The quantitative estimate of drug-likeness (QED) is 0.474. The highest BCUT2D eigenvalue weighted by Gasteiger charge is 1.93. The molecular formula is C6H3I2N. The molecular weight excluding hydrogens is 340 g/mol. The van der Waals surface area contributed by atoms with E-state index in [9.17, 15) is 0 Å². The first-order valence-electron chi connectivity index (χ1n) is 2.32. The second-order valence-electron chi connectivity index (χ2n) is 1.41. The van der Waals surface area contributed by atoms with Crippen LogP contribution in [0.15, 0.2) is 30.5 Å². The topological polar surface area (TPSA) is 12.4 Å². The predicted octanol–water partition coefficient (Wildman–Crippen LogP) is 2.82. The summed E-state index contributed by atoms with van der Waals surface area (Å²) in [6, 6.07) is 0. The lowest BCUT2D eigenvalue weighted by molar-refractivity contribution is 1.59. The minimum atomic E-state index is 0.998. The van der Waals surface area contributed by atoms with Gasteiger partial charge in [0.2, 0.25) is 0 Å². The fourth-order valence-electron chi connectivity index (χ4n) is 0.392. The van der Waals surface area contributed by atoms with E-state index >= 15 is 0 Å². The zero-order valence-corrected chi connectivity index (χ0v) is 8.75. The summed E-state index contributed by atoms with van der Waals surface area (Å²) in [6.45, 7) is 0. The molecule has 0 N–H and O–H groups in total. The molecule has 0 spiro atoms. The Morgan fingerprint density at radius 2 is 2.22 bits per heavy atom. The van der Waals surface area contributed by atoms with E-state index in [1.807, 2.05) is 12.2 Å². The zero-order chi connectivity index (χ0) is 6.69. The van der Waals surface area contributed by atoms with Crippen molar-refractivity contribution in [1.29, 1.82) is 0 Å². The van der Waals surface area contributed by atoms with E-state index in [0.717, 1.165) is 7.28 Å². The number of hydrogen-bond donors (Lipinski definition) is 0. The third kappa shape index (κ3) is 2.23. The van der Waals surface area contributed by atoms with Crippen molar-refractivity contribution in [1.82, 2.24) is 0 Å². The highest BCUT2D eigenvalue weighted by atomic mass is 127. The molecule has 0 amide bonds. The van der Waals surface area contributed by atoms with Crippen LogP contribution in [0.3, 0.4) is 0 Å². The van der Waals surface area contributed by atoms with E-state index in [0.29, 0.717) is 0 Å². The molecule has 0 bridgehead atoms. The Morgan fingerprint density at radius 3 is 3.00 bits per heavy atom. The number of halogens is 2. The Hall–Kier alpha value is 0.390. The molecule has 1 nitrogen and oxygen atoms in total. The van der Waals surface area contributed by atoms with Gasteiger partial charge in [-0.25, -0.2) is 0 Å². The molecule has 0 aliphatic carbocycles. The van der Waals surface area contributed by atoms with E-state index < -0.39 is 0 Å². The monoisotopic (exact) mass is 343 g/mol. The lowest BCUT2D eigenvalue weighted by Crippen LogP contribution is -1.63. The van der Waals surface area contributed by atoms with Crippen LogP contribution >= 0.6 is 45.2 Å². The SMILES string of the molecule is IC1=C(I)N=C=CC=C1. The predicted molar refractivity (Wildman–Crippen MR) is 56.2 cm³/mol. The van der Waals surface area contributed by atoms with E-state index in [1.165, 1.54) is 0 Å². The number of rotatable bonds is 0. The van der Waals surface area contributed by atoms with Crippen LogP contribution in [0.2, 0.25) is 0 Å². The second kappa shape index (κ2) is 3.53. The van der Waals surface area contributed by atoms with Crippen LogP contribution in [0.5, 0.6) is 0 Å².